The monoisotopic (exact) mass is 310 g/mol. The standard InChI is InChI=1S/C15H22N2O3S/c1-3-15(18)16-8-5-9-17(11-10-16)21(19,20)14-7-4-6-13(2)12-14/h4,6-7,12H,3,5,8-11H2,1-2H3. The molecule has 0 spiro atoms. The Balaban J connectivity index is 2.16. The first-order valence-corrected chi connectivity index (χ1v) is 8.73. The lowest BCUT2D eigenvalue weighted by atomic mass is 10.2. The van der Waals surface area contributed by atoms with Crippen molar-refractivity contribution >= 4 is 15.9 Å². The summed E-state index contributed by atoms with van der Waals surface area (Å²) in [5.74, 6) is 0.0878. The number of amides is 1. The minimum atomic E-state index is -3.47. The van der Waals surface area contributed by atoms with Crippen LogP contribution in [0, 0.1) is 6.92 Å². The van der Waals surface area contributed by atoms with E-state index < -0.39 is 10.0 Å². The van der Waals surface area contributed by atoms with Gasteiger partial charge in [0.15, 0.2) is 0 Å². The van der Waals surface area contributed by atoms with Gasteiger partial charge >= 0.3 is 0 Å². The number of hydrogen-bond acceptors (Lipinski definition) is 3. The van der Waals surface area contributed by atoms with E-state index in [2.05, 4.69) is 0 Å². The van der Waals surface area contributed by atoms with Crippen LogP contribution in [0.4, 0.5) is 0 Å². The van der Waals surface area contributed by atoms with Gasteiger partial charge in [0, 0.05) is 32.6 Å². The Hall–Kier alpha value is -1.40. The first-order valence-electron chi connectivity index (χ1n) is 7.29. The Bertz CT molecular complexity index is 613. The van der Waals surface area contributed by atoms with Gasteiger partial charge in [-0.05, 0) is 31.0 Å². The number of carbonyl (C=O) groups is 1. The number of benzene rings is 1. The summed E-state index contributed by atoms with van der Waals surface area (Å²) >= 11 is 0. The second-order valence-electron chi connectivity index (χ2n) is 5.31. The summed E-state index contributed by atoms with van der Waals surface area (Å²) in [6, 6.07) is 6.95. The molecule has 1 aliphatic rings. The number of rotatable bonds is 3. The number of hydrogen-bond donors (Lipinski definition) is 0. The molecule has 1 aromatic rings. The fourth-order valence-corrected chi connectivity index (χ4v) is 4.11. The van der Waals surface area contributed by atoms with Crippen molar-refractivity contribution in [3.8, 4) is 0 Å². The zero-order valence-electron chi connectivity index (χ0n) is 12.6. The summed E-state index contributed by atoms with van der Waals surface area (Å²) in [6.45, 7) is 5.63. The van der Waals surface area contributed by atoms with Gasteiger partial charge in [0.2, 0.25) is 15.9 Å². The van der Waals surface area contributed by atoms with Crippen LogP contribution < -0.4 is 0 Å². The van der Waals surface area contributed by atoms with Gasteiger partial charge in [0.25, 0.3) is 0 Å². The van der Waals surface area contributed by atoms with Crippen molar-refractivity contribution in [2.75, 3.05) is 26.2 Å². The Morgan fingerprint density at radius 3 is 2.62 bits per heavy atom. The van der Waals surface area contributed by atoms with Crippen LogP contribution in [0.5, 0.6) is 0 Å². The molecule has 1 fully saturated rings. The number of sulfonamides is 1. The highest BCUT2D eigenvalue weighted by Gasteiger charge is 2.27. The lowest BCUT2D eigenvalue weighted by Crippen LogP contribution is -2.37. The van der Waals surface area contributed by atoms with E-state index in [0.717, 1.165) is 5.56 Å². The molecule has 1 saturated heterocycles. The molecule has 2 rings (SSSR count). The predicted molar refractivity (Wildman–Crippen MR) is 81.4 cm³/mol. The highest BCUT2D eigenvalue weighted by Crippen LogP contribution is 2.19. The van der Waals surface area contributed by atoms with Gasteiger partial charge < -0.3 is 4.90 Å². The van der Waals surface area contributed by atoms with Gasteiger partial charge in [-0.3, -0.25) is 4.79 Å². The molecular formula is C15H22N2O3S. The number of carbonyl (C=O) groups excluding carboxylic acids is 1. The molecule has 6 heteroatoms. The van der Waals surface area contributed by atoms with Crippen molar-refractivity contribution in [3.63, 3.8) is 0 Å². The molecule has 1 amide bonds. The zero-order valence-corrected chi connectivity index (χ0v) is 13.4. The van der Waals surface area contributed by atoms with Gasteiger partial charge in [-0.2, -0.15) is 4.31 Å². The van der Waals surface area contributed by atoms with Crippen LogP contribution in [0.15, 0.2) is 29.2 Å². The lowest BCUT2D eigenvalue weighted by Gasteiger charge is -2.21. The van der Waals surface area contributed by atoms with Crippen LogP contribution in [0.2, 0.25) is 0 Å². The minimum absolute atomic E-state index is 0.0878. The number of nitrogens with zero attached hydrogens (tertiary/aromatic N) is 2. The third-order valence-electron chi connectivity index (χ3n) is 3.74. The summed E-state index contributed by atoms with van der Waals surface area (Å²) in [7, 11) is -3.47. The van der Waals surface area contributed by atoms with Crippen LogP contribution in [0.25, 0.3) is 0 Å². The van der Waals surface area contributed by atoms with Gasteiger partial charge in [-0.25, -0.2) is 8.42 Å². The molecule has 0 aliphatic carbocycles. The largest absolute Gasteiger partial charge is 0.341 e. The maximum absolute atomic E-state index is 12.7. The summed E-state index contributed by atoms with van der Waals surface area (Å²) < 4.78 is 26.8. The average molecular weight is 310 g/mol. The van der Waals surface area contributed by atoms with E-state index in [9.17, 15) is 13.2 Å². The van der Waals surface area contributed by atoms with E-state index in [-0.39, 0.29) is 5.91 Å². The quantitative estimate of drug-likeness (QED) is 0.852. The van der Waals surface area contributed by atoms with Gasteiger partial charge in [-0.15, -0.1) is 0 Å². The van der Waals surface area contributed by atoms with Crippen molar-refractivity contribution < 1.29 is 13.2 Å². The molecule has 0 unspecified atom stereocenters. The molecule has 0 bridgehead atoms. The highest BCUT2D eigenvalue weighted by atomic mass is 32.2. The maximum atomic E-state index is 12.7. The van der Waals surface area contributed by atoms with Crippen molar-refractivity contribution in [1.82, 2.24) is 9.21 Å². The highest BCUT2D eigenvalue weighted by molar-refractivity contribution is 7.89. The molecule has 0 atom stereocenters. The summed E-state index contributed by atoms with van der Waals surface area (Å²) in [5, 5.41) is 0. The van der Waals surface area contributed by atoms with Gasteiger partial charge in [0.05, 0.1) is 4.90 Å². The molecule has 1 aromatic carbocycles. The average Bonchev–Trinajstić information content (AvgIpc) is 2.72. The first kappa shape index (κ1) is 16.0. The Morgan fingerprint density at radius 1 is 1.19 bits per heavy atom. The molecule has 0 N–H and O–H groups in total. The normalized spacial score (nSPS) is 17.5. The van der Waals surface area contributed by atoms with Crippen LogP contribution in [0.1, 0.15) is 25.3 Å². The van der Waals surface area contributed by atoms with E-state index in [1.807, 2.05) is 19.9 Å². The van der Waals surface area contributed by atoms with E-state index in [1.165, 1.54) is 4.31 Å². The van der Waals surface area contributed by atoms with Crippen LogP contribution in [0.3, 0.4) is 0 Å². The van der Waals surface area contributed by atoms with Crippen molar-refractivity contribution in [2.24, 2.45) is 0 Å². The molecule has 0 saturated carbocycles. The maximum Gasteiger partial charge on any atom is 0.243 e. The molecule has 5 nitrogen and oxygen atoms in total. The predicted octanol–water partition coefficient (Wildman–Crippen LogP) is 1.63. The minimum Gasteiger partial charge on any atom is -0.341 e. The fraction of sp³-hybridized carbons (Fsp3) is 0.533. The Labute approximate surface area is 126 Å². The Morgan fingerprint density at radius 2 is 1.95 bits per heavy atom. The van der Waals surface area contributed by atoms with Crippen molar-refractivity contribution in [1.29, 1.82) is 0 Å². The molecule has 116 valence electrons. The summed E-state index contributed by atoms with van der Waals surface area (Å²) in [4.78, 5) is 13.8. The van der Waals surface area contributed by atoms with E-state index in [4.69, 9.17) is 0 Å². The van der Waals surface area contributed by atoms with Crippen LogP contribution in [-0.2, 0) is 14.8 Å². The molecule has 1 aliphatic heterocycles. The zero-order chi connectivity index (χ0) is 15.5. The van der Waals surface area contributed by atoms with Crippen molar-refractivity contribution in [2.45, 2.75) is 31.6 Å². The van der Waals surface area contributed by atoms with E-state index in [1.54, 1.807) is 23.1 Å². The summed E-state index contributed by atoms with van der Waals surface area (Å²) in [5.41, 5.74) is 0.925. The Kier molecular flexibility index (Phi) is 5.00. The van der Waals surface area contributed by atoms with Crippen molar-refractivity contribution in [3.05, 3.63) is 29.8 Å². The summed E-state index contributed by atoms with van der Waals surface area (Å²) in [6.07, 6.45) is 1.14. The molecule has 0 radical (unpaired) electrons. The van der Waals surface area contributed by atoms with Crippen LogP contribution >= 0.6 is 0 Å². The third-order valence-corrected chi connectivity index (χ3v) is 5.63. The molecule has 0 aromatic heterocycles. The van der Waals surface area contributed by atoms with Crippen LogP contribution in [-0.4, -0.2) is 49.7 Å². The number of aryl methyl sites for hydroxylation is 1. The smallest absolute Gasteiger partial charge is 0.243 e. The van der Waals surface area contributed by atoms with Gasteiger partial charge in [0.1, 0.15) is 0 Å². The SMILES string of the molecule is CCC(=O)N1CCCN(S(=O)(=O)c2cccc(C)c2)CC1. The second-order valence-corrected chi connectivity index (χ2v) is 7.25. The molecule has 21 heavy (non-hydrogen) atoms. The van der Waals surface area contributed by atoms with E-state index >= 15 is 0 Å². The topological polar surface area (TPSA) is 57.7 Å². The third kappa shape index (κ3) is 3.63. The van der Waals surface area contributed by atoms with E-state index in [0.29, 0.717) is 43.9 Å². The lowest BCUT2D eigenvalue weighted by molar-refractivity contribution is -0.130. The first-order chi connectivity index (χ1) is 9.95. The fourth-order valence-electron chi connectivity index (χ4n) is 2.53. The second kappa shape index (κ2) is 6.58. The molecular weight excluding hydrogens is 288 g/mol. The van der Waals surface area contributed by atoms with Gasteiger partial charge in [-0.1, -0.05) is 19.1 Å². The molecule has 1 heterocycles.